The van der Waals surface area contributed by atoms with Gasteiger partial charge in [0.25, 0.3) is 0 Å². The van der Waals surface area contributed by atoms with Gasteiger partial charge < -0.3 is 39.4 Å². The van der Waals surface area contributed by atoms with Crippen LogP contribution in [-0.4, -0.2) is 93.6 Å². The number of ether oxygens (including phenoxy) is 4. The van der Waals surface area contributed by atoms with Gasteiger partial charge in [0, 0.05) is 51.4 Å². The molecule has 0 spiro atoms. The molecular weight excluding hydrogens is 1410 g/mol. The molecule has 0 aromatic carbocycles. The van der Waals surface area contributed by atoms with Crippen molar-refractivity contribution in [3.63, 3.8) is 0 Å². The van der Waals surface area contributed by atoms with Crippen LogP contribution < -0.4 is 0 Å². The predicted octanol–water partition coefficient (Wildman–Crippen LogP) is 27.6. The largest absolute Gasteiger partial charge is 0.481 e. The molecule has 4 unspecified atom stereocenters. The lowest BCUT2D eigenvalue weighted by Crippen LogP contribution is -2.30. The van der Waals surface area contributed by atoms with Gasteiger partial charge in [0.2, 0.25) is 0 Å². The summed E-state index contributed by atoms with van der Waals surface area (Å²) in [5, 5.41) is 38.2. The number of esters is 4. The van der Waals surface area contributed by atoms with Crippen molar-refractivity contribution in [2.24, 2.45) is 11.8 Å². The Morgan fingerprint density at radius 3 is 0.634 bits per heavy atom. The molecule has 0 aromatic heterocycles. The van der Waals surface area contributed by atoms with E-state index in [1.807, 2.05) is 0 Å². The fourth-order valence-corrected chi connectivity index (χ4v) is 14.3. The van der Waals surface area contributed by atoms with Gasteiger partial charge in [-0.3, -0.25) is 38.4 Å². The maximum atomic E-state index is 13.3. The summed E-state index contributed by atoms with van der Waals surface area (Å²) in [6.07, 6.45) is 86.5. The molecule has 0 aliphatic carbocycles. The minimum Gasteiger partial charge on any atom is -0.481 e. The summed E-state index contributed by atoms with van der Waals surface area (Å²) < 4.78 is 23.2. The third-order valence-corrected chi connectivity index (χ3v) is 21.4. The number of allylic oxidation sites excluding steroid dienone is 10. The Bertz CT molecular complexity index is 2210. The fraction of sp³-hybridized carbons (Fsp3) is 0.812. The summed E-state index contributed by atoms with van der Waals surface area (Å²) in [5.74, 6) is -6.21. The molecule has 0 fully saturated rings. The highest BCUT2D eigenvalue weighted by molar-refractivity contribution is 5.73. The van der Waals surface area contributed by atoms with Gasteiger partial charge >= 0.3 is 47.8 Å². The molecule has 648 valence electrons. The van der Waals surface area contributed by atoms with E-state index in [1.54, 1.807) is 0 Å². The average molecular weight is 1580 g/mol. The van der Waals surface area contributed by atoms with Gasteiger partial charge in [0.1, 0.15) is 25.4 Å². The van der Waals surface area contributed by atoms with Crippen LogP contribution >= 0.6 is 0 Å². The van der Waals surface area contributed by atoms with Crippen molar-refractivity contribution in [3.8, 4) is 0 Å². The van der Waals surface area contributed by atoms with E-state index >= 15 is 0 Å². The molecule has 0 aromatic rings. The second kappa shape index (κ2) is 84.8. The molecule has 0 saturated carbocycles. The van der Waals surface area contributed by atoms with E-state index < -0.39 is 47.9 Å². The van der Waals surface area contributed by atoms with Gasteiger partial charge in [0.15, 0.2) is 0 Å². The number of carboxylic acids is 4. The van der Waals surface area contributed by atoms with Crippen molar-refractivity contribution < 1.29 is 77.7 Å². The summed E-state index contributed by atoms with van der Waals surface area (Å²) in [5.41, 5.74) is 0. The third-order valence-electron chi connectivity index (χ3n) is 21.4. The molecule has 0 amide bonds. The van der Waals surface area contributed by atoms with Crippen LogP contribution in [0.5, 0.6) is 0 Å². The first kappa shape index (κ1) is 106. The highest BCUT2D eigenvalue weighted by atomic mass is 16.6. The molecule has 0 radical (unpaired) electrons. The SMILES string of the molecule is CCCCCCCC/C=C\CCCCCCCC(=O)OCC(CC(CCCCCCC=CCCCCCCCC(=O)O)C(=O)O)OC(=O)CCCCCCCC=CCCCCCCCC(=O)OC(COC(=O)CCCCCCC/C=C\CCCCCCCC)CC(CCCCCCC=CCCCCCCCC(=O)O)C(=O)O. The van der Waals surface area contributed by atoms with Gasteiger partial charge in [-0.05, 0) is 180 Å². The van der Waals surface area contributed by atoms with Gasteiger partial charge in [-0.15, -0.1) is 0 Å². The number of rotatable bonds is 88. The van der Waals surface area contributed by atoms with Gasteiger partial charge in [-0.2, -0.15) is 0 Å². The van der Waals surface area contributed by atoms with Crippen molar-refractivity contribution >= 4 is 47.8 Å². The lowest BCUT2D eigenvalue weighted by atomic mass is 9.94. The van der Waals surface area contributed by atoms with E-state index in [9.17, 15) is 48.6 Å². The van der Waals surface area contributed by atoms with Crippen LogP contribution in [0.1, 0.15) is 463 Å². The van der Waals surface area contributed by atoms with E-state index in [0.29, 0.717) is 25.7 Å². The molecule has 0 rings (SSSR count). The Kier molecular flexibility index (Phi) is 80.6. The van der Waals surface area contributed by atoms with Crippen molar-refractivity contribution in [2.75, 3.05) is 13.2 Å². The summed E-state index contributed by atoms with van der Waals surface area (Å²) in [6.45, 7) is 4.21. The Morgan fingerprint density at radius 2 is 0.420 bits per heavy atom. The van der Waals surface area contributed by atoms with Crippen LogP contribution in [0.2, 0.25) is 0 Å². The van der Waals surface area contributed by atoms with E-state index in [2.05, 4.69) is 74.6 Å². The third kappa shape index (κ3) is 81.0. The number of carbonyl (C=O) groups is 8. The van der Waals surface area contributed by atoms with Crippen molar-refractivity contribution in [1.29, 1.82) is 0 Å². The molecule has 0 aliphatic heterocycles. The highest BCUT2D eigenvalue weighted by Crippen LogP contribution is 2.25. The van der Waals surface area contributed by atoms with Crippen LogP contribution in [0.15, 0.2) is 60.8 Å². The van der Waals surface area contributed by atoms with Crippen molar-refractivity contribution in [1.82, 2.24) is 0 Å². The van der Waals surface area contributed by atoms with Crippen molar-refractivity contribution in [3.05, 3.63) is 60.8 Å². The summed E-state index contributed by atoms with van der Waals surface area (Å²) in [4.78, 5) is 98.9. The second-order valence-electron chi connectivity index (χ2n) is 32.2. The standard InChI is InChI=1S/C96H168O16/c1-3-5-7-9-11-13-15-17-19-29-37-45-53-61-69-77-91(101)109-83-87(81-85(95(105)106)73-65-57-49-41-33-25-23-27-35-43-51-59-67-75-89(97)98)111-93(103)79-71-63-55-47-39-31-21-22-32-40-48-56-64-72-80-94(104)112-88(84-110-92(102)78-70-62-54-46-38-30-20-18-16-14-12-10-8-6-4-2)82-86(96(107)108)74-66-58-50-42-34-26-24-28-36-44-52-60-68-76-90(99)100/h17-26,85-88H,3-16,27-84H2,1-2H3,(H,97,98)(H,99,100)(H,105,106)(H,107,108)/b19-17-,20-18-,22-21?,25-23?,26-24?. The monoisotopic (exact) mass is 1580 g/mol. The van der Waals surface area contributed by atoms with E-state index in [-0.39, 0.29) is 88.5 Å². The maximum Gasteiger partial charge on any atom is 0.306 e. The molecule has 0 heterocycles. The number of unbranched alkanes of at least 4 members (excludes halogenated alkanes) is 50. The molecule has 4 atom stereocenters. The lowest BCUT2D eigenvalue weighted by Gasteiger charge is -2.22. The van der Waals surface area contributed by atoms with Crippen LogP contribution in [0.4, 0.5) is 0 Å². The number of aliphatic carboxylic acids is 4. The molecule has 16 nitrogen and oxygen atoms in total. The van der Waals surface area contributed by atoms with Crippen LogP contribution in [0.25, 0.3) is 0 Å². The molecule has 0 saturated heterocycles. The van der Waals surface area contributed by atoms with E-state index in [0.717, 1.165) is 295 Å². The average Bonchev–Trinajstić information content (AvgIpc) is 0.913. The topological polar surface area (TPSA) is 254 Å². The zero-order valence-electron chi connectivity index (χ0n) is 71.7. The Hall–Kier alpha value is -5.54. The Morgan fingerprint density at radius 1 is 0.232 bits per heavy atom. The van der Waals surface area contributed by atoms with E-state index in [1.165, 1.54) is 77.0 Å². The summed E-state index contributed by atoms with van der Waals surface area (Å²) in [7, 11) is 0. The summed E-state index contributed by atoms with van der Waals surface area (Å²) in [6, 6.07) is 0. The minimum absolute atomic E-state index is 0.102. The zero-order valence-corrected chi connectivity index (χ0v) is 71.7. The van der Waals surface area contributed by atoms with Crippen LogP contribution in [0, 0.1) is 11.8 Å². The molecule has 16 heteroatoms. The first-order valence-corrected chi connectivity index (χ1v) is 46.5. The Labute approximate surface area is 683 Å². The second-order valence-corrected chi connectivity index (χ2v) is 32.2. The molecule has 0 aliphatic rings. The normalized spacial score (nSPS) is 12.9. The smallest absolute Gasteiger partial charge is 0.306 e. The van der Waals surface area contributed by atoms with Gasteiger partial charge in [0.05, 0.1) is 11.8 Å². The quantitative estimate of drug-likeness (QED) is 0.0191. The molecule has 112 heavy (non-hydrogen) atoms. The number of carboxylic acid groups (broad SMARTS) is 4. The predicted molar refractivity (Wildman–Crippen MR) is 459 cm³/mol. The van der Waals surface area contributed by atoms with Gasteiger partial charge in [-0.1, -0.05) is 293 Å². The minimum atomic E-state index is -0.929. The Balaban J connectivity index is 5.00. The first-order chi connectivity index (χ1) is 54.7. The molecule has 0 bridgehead atoms. The molecule has 4 N–H and O–H groups in total. The number of carbonyl (C=O) groups excluding carboxylic acids is 4. The lowest BCUT2D eigenvalue weighted by molar-refractivity contribution is -0.162. The van der Waals surface area contributed by atoms with Gasteiger partial charge in [-0.25, -0.2) is 0 Å². The highest BCUT2D eigenvalue weighted by Gasteiger charge is 2.28. The maximum absolute atomic E-state index is 13.3. The van der Waals surface area contributed by atoms with Crippen LogP contribution in [0.3, 0.4) is 0 Å². The number of hydrogen-bond donors (Lipinski definition) is 4. The molecular formula is C96H168O16. The van der Waals surface area contributed by atoms with Crippen molar-refractivity contribution in [2.45, 2.75) is 476 Å². The fourth-order valence-electron chi connectivity index (χ4n) is 14.3. The number of hydrogen-bond acceptors (Lipinski definition) is 12. The first-order valence-electron chi connectivity index (χ1n) is 46.5. The van der Waals surface area contributed by atoms with E-state index in [4.69, 9.17) is 29.2 Å². The summed E-state index contributed by atoms with van der Waals surface area (Å²) >= 11 is 0. The van der Waals surface area contributed by atoms with Crippen LogP contribution in [-0.2, 0) is 57.3 Å². The zero-order chi connectivity index (χ0) is 81.7.